The number of nitrogens with zero attached hydrogens (tertiary/aromatic N) is 3. The van der Waals surface area contributed by atoms with Gasteiger partial charge in [0.1, 0.15) is 11.6 Å². The molecule has 3 heterocycles. The fraction of sp³-hybridized carbons (Fsp3) is 0.176. The first-order chi connectivity index (χ1) is 12.0. The number of carbonyl (C=O) groups is 2. The van der Waals surface area contributed by atoms with Crippen molar-refractivity contribution in [1.82, 2.24) is 14.5 Å². The molecule has 2 aromatic heterocycles. The fourth-order valence-corrected chi connectivity index (χ4v) is 3.03. The van der Waals surface area contributed by atoms with Crippen molar-refractivity contribution < 1.29 is 18.4 Å². The third-order valence-electron chi connectivity index (χ3n) is 4.19. The van der Waals surface area contributed by atoms with Gasteiger partial charge in [-0.1, -0.05) is 0 Å². The van der Waals surface area contributed by atoms with Gasteiger partial charge in [-0.3, -0.25) is 14.6 Å². The van der Waals surface area contributed by atoms with Crippen LogP contribution in [0.3, 0.4) is 0 Å². The Morgan fingerprint density at radius 3 is 2.92 bits per heavy atom. The standard InChI is InChI=1S/C17H12F2N4O2/c18-9-1-2-13-12(7-9)21-16-15(14(24)4-6-23(13)16)17(25)22-11-3-5-20-8-10(11)19/h1-3,5,7-8,15H,4,6H2,(H,20,22,25). The summed E-state index contributed by atoms with van der Waals surface area (Å²) < 4.78 is 28.8. The molecule has 1 atom stereocenters. The molecular weight excluding hydrogens is 330 g/mol. The summed E-state index contributed by atoms with van der Waals surface area (Å²) >= 11 is 0. The molecule has 1 unspecified atom stereocenters. The van der Waals surface area contributed by atoms with E-state index in [0.717, 1.165) is 6.20 Å². The smallest absolute Gasteiger partial charge is 0.242 e. The zero-order chi connectivity index (χ0) is 17.6. The first-order valence-electron chi connectivity index (χ1n) is 7.63. The zero-order valence-electron chi connectivity index (χ0n) is 12.9. The third kappa shape index (κ3) is 2.55. The molecule has 3 aromatic rings. The molecule has 0 saturated heterocycles. The van der Waals surface area contributed by atoms with E-state index in [1.54, 1.807) is 10.6 Å². The van der Waals surface area contributed by atoms with Crippen LogP contribution in [0.5, 0.6) is 0 Å². The lowest BCUT2D eigenvalue weighted by atomic mass is 9.96. The Morgan fingerprint density at radius 2 is 2.12 bits per heavy atom. The summed E-state index contributed by atoms with van der Waals surface area (Å²) in [6.45, 7) is 0.365. The van der Waals surface area contributed by atoms with Crippen LogP contribution in [-0.2, 0) is 16.1 Å². The second-order valence-electron chi connectivity index (χ2n) is 5.75. The predicted molar refractivity (Wildman–Crippen MR) is 84.9 cm³/mol. The molecule has 4 rings (SSSR count). The minimum absolute atomic E-state index is 0.0629. The van der Waals surface area contributed by atoms with Crippen molar-refractivity contribution in [3.63, 3.8) is 0 Å². The maximum absolute atomic E-state index is 13.7. The summed E-state index contributed by atoms with van der Waals surface area (Å²) in [4.78, 5) is 32.8. The van der Waals surface area contributed by atoms with Gasteiger partial charge < -0.3 is 9.88 Å². The number of nitrogens with one attached hydrogen (secondary N) is 1. The van der Waals surface area contributed by atoms with E-state index >= 15 is 0 Å². The molecule has 6 nitrogen and oxygen atoms in total. The van der Waals surface area contributed by atoms with E-state index in [0.29, 0.717) is 17.6 Å². The highest BCUT2D eigenvalue weighted by Crippen LogP contribution is 2.30. The van der Waals surface area contributed by atoms with Crippen LogP contribution in [0.25, 0.3) is 11.0 Å². The van der Waals surface area contributed by atoms with E-state index in [1.807, 2.05) is 0 Å². The first-order valence-corrected chi connectivity index (χ1v) is 7.63. The summed E-state index contributed by atoms with van der Waals surface area (Å²) in [5.74, 6) is -3.06. The van der Waals surface area contributed by atoms with Crippen LogP contribution in [0.15, 0.2) is 36.7 Å². The molecule has 0 aliphatic carbocycles. The lowest BCUT2D eigenvalue weighted by Crippen LogP contribution is -2.34. The van der Waals surface area contributed by atoms with E-state index in [1.165, 1.54) is 24.4 Å². The summed E-state index contributed by atoms with van der Waals surface area (Å²) in [5, 5.41) is 2.40. The summed E-state index contributed by atoms with van der Waals surface area (Å²) in [6, 6.07) is 5.42. The fourth-order valence-electron chi connectivity index (χ4n) is 3.03. The molecule has 1 aliphatic rings. The SMILES string of the molecule is O=C1CCn2c(nc3cc(F)ccc32)C1C(=O)Nc1ccncc1F. The number of hydrogen-bond donors (Lipinski definition) is 1. The molecular formula is C17H12F2N4O2. The second-order valence-corrected chi connectivity index (χ2v) is 5.75. The largest absolute Gasteiger partial charge is 0.326 e. The highest BCUT2D eigenvalue weighted by atomic mass is 19.1. The minimum Gasteiger partial charge on any atom is -0.326 e. The van der Waals surface area contributed by atoms with E-state index in [2.05, 4.69) is 15.3 Å². The Balaban J connectivity index is 1.75. The number of aromatic nitrogens is 3. The van der Waals surface area contributed by atoms with Crippen LogP contribution >= 0.6 is 0 Å². The number of benzene rings is 1. The summed E-state index contributed by atoms with van der Waals surface area (Å²) in [7, 11) is 0. The number of pyridine rings is 1. The minimum atomic E-state index is -1.17. The first kappa shape index (κ1) is 15.4. The van der Waals surface area contributed by atoms with Crippen LogP contribution in [-0.4, -0.2) is 26.2 Å². The molecule has 0 fully saturated rings. The number of anilines is 1. The number of carbonyl (C=O) groups excluding carboxylic acids is 2. The highest BCUT2D eigenvalue weighted by Gasteiger charge is 2.36. The number of amides is 1. The molecule has 1 amide bonds. The van der Waals surface area contributed by atoms with E-state index in [-0.39, 0.29) is 23.7 Å². The quantitative estimate of drug-likeness (QED) is 0.726. The molecule has 1 aromatic carbocycles. The number of aryl methyl sites for hydroxylation is 1. The Labute approximate surface area is 140 Å². The van der Waals surface area contributed by atoms with Crippen molar-refractivity contribution in [1.29, 1.82) is 0 Å². The lowest BCUT2D eigenvalue weighted by molar-refractivity contribution is -0.128. The second kappa shape index (κ2) is 5.73. The van der Waals surface area contributed by atoms with Gasteiger partial charge in [0.2, 0.25) is 5.91 Å². The van der Waals surface area contributed by atoms with Crippen molar-refractivity contribution in [2.75, 3.05) is 5.32 Å². The lowest BCUT2D eigenvalue weighted by Gasteiger charge is -2.22. The molecule has 1 N–H and O–H groups in total. The highest BCUT2D eigenvalue weighted by molar-refractivity contribution is 6.12. The monoisotopic (exact) mass is 342 g/mol. The van der Waals surface area contributed by atoms with Crippen molar-refractivity contribution >= 4 is 28.4 Å². The Morgan fingerprint density at radius 1 is 1.28 bits per heavy atom. The van der Waals surface area contributed by atoms with Crippen molar-refractivity contribution in [3.05, 3.63) is 54.1 Å². The number of Topliss-reactive ketones (excluding diaryl/α,β-unsaturated/α-hetero) is 1. The summed E-state index contributed by atoms with van der Waals surface area (Å²) in [6.07, 6.45) is 2.45. The maximum Gasteiger partial charge on any atom is 0.242 e. The topological polar surface area (TPSA) is 76.9 Å². The van der Waals surface area contributed by atoms with Gasteiger partial charge in [-0.2, -0.15) is 0 Å². The normalized spacial score (nSPS) is 16.7. The number of fused-ring (bicyclic) bond motifs is 3. The van der Waals surface area contributed by atoms with Gasteiger partial charge in [-0.15, -0.1) is 0 Å². The van der Waals surface area contributed by atoms with Gasteiger partial charge in [0.05, 0.1) is 22.9 Å². The molecule has 126 valence electrons. The zero-order valence-corrected chi connectivity index (χ0v) is 12.9. The van der Waals surface area contributed by atoms with Crippen LogP contribution in [0.2, 0.25) is 0 Å². The number of imidazole rings is 1. The Kier molecular flexibility index (Phi) is 3.52. The summed E-state index contributed by atoms with van der Waals surface area (Å²) in [5.41, 5.74) is 0.960. The number of ketones is 1. The van der Waals surface area contributed by atoms with Crippen LogP contribution in [0.1, 0.15) is 18.2 Å². The van der Waals surface area contributed by atoms with E-state index in [9.17, 15) is 18.4 Å². The van der Waals surface area contributed by atoms with Crippen molar-refractivity contribution in [2.45, 2.75) is 18.9 Å². The molecule has 0 bridgehead atoms. The van der Waals surface area contributed by atoms with Crippen LogP contribution in [0.4, 0.5) is 14.5 Å². The maximum atomic E-state index is 13.7. The third-order valence-corrected chi connectivity index (χ3v) is 4.19. The number of halogens is 2. The van der Waals surface area contributed by atoms with Gasteiger partial charge in [0, 0.05) is 25.2 Å². The number of rotatable bonds is 2. The van der Waals surface area contributed by atoms with E-state index < -0.39 is 23.5 Å². The molecule has 0 radical (unpaired) electrons. The van der Waals surface area contributed by atoms with Gasteiger partial charge >= 0.3 is 0 Å². The van der Waals surface area contributed by atoms with Gasteiger partial charge in [0.15, 0.2) is 17.5 Å². The van der Waals surface area contributed by atoms with Gasteiger partial charge in [-0.05, 0) is 18.2 Å². The Hall–Kier alpha value is -3.16. The number of hydrogen-bond acceptors (Lipinski definition) is 4. The predicted octanol–water partition coefficient (Wildman–Crippen LogP) is 2.40. The van der Waals surface area contributed by atoms with Crippen molar-refractivity contribution in [3.8, 4) is 0 Å². The molecule has 1 aliphatic heterocycles. The average molecular weight is 342 g/mol. The van der Waals surface area contributed by atoms with Gasteiger partial charge in [-0.25, -0.2) is 13.8 Å². The molecule has 0 saturated carbocycles. The van der Waals surface area contributed by atoms with E-state index in [4.69, 9.17) is 0 Å². The van der Waals surface area contributed by atoms with Gasteiger partial charge in [0.25, 0.3) is 0 Å². The van der Waals surface area contributed by atoms with Crippen LogP contribution in [0, 0.1) is 11.6 Å². The van der Waals surface area contributed by atoms with Crippen molar-refractivity contribution in [2.24, 2.45) is 0 Å². The molecule has 0 spiro atoms. The van der Waals surface area contributed by atoms with Crippen LogP contribution < -0.4 is 5.32 Å². The Bertz CT molecular complexity index is 1020. The molecule has 25 heavy (non-hydrogen) atoms. The average Bonchev–Trinajstić information content (AvgIpc) is 2.93. The molecule has 8 heteroatoms.